The van der Waals surface area contributed by atoms with E-state index in [1.54, 1.807) is 22.7 Å². The van der Waals surface area contributed by atoms with E-state index in [1.165, 1.54) is 45.3 Å². The standard InChI is InChI=1S/C58H42N8S2/c1-5-21-41(22-6-1)61-49-33-17-19-35-51(49)63-47-31-15-13-29-45(47)57(53(61)63)59-37-39-67-55(59)66(44-27-11-4-12-28-44)58(60-38-40-68-56(60)65(57)43-25-9-3-10-26-43)46-30-14-16-32-48(46)64-52-36-20-18-34-50(52)62(54(58)64)42-23-7-2-8-24-42/h1-40,53-54H/q+2. The van der Waals surface area contributed by atoms with Gasteiger partial charge in [-0.3, -0.25) is 0 Å². The molecule has 324 valence electrons. The summed E-state index contributed by atoms with van der Waals surface area (Å²) in [4.78, 5) is 15.8. The molecule has 4 atom stereocenters. The number of anilines is 12. The van der Waals surface area contributed by atoms with Gasteiger partial charge in [0.15, 0.2) is 0 Å². The van der Waals surface area contributed by atoms with E-state index in [0.29, 0.717) is 0 Å². The van der Waals surface area contributed by atoms with Crippen LogP contribution in [0.1, 0.15) is 11.1 Å². The smallest absolute Gasteiger partial charge is 0.310 e. The molecule has 0 N–H and O–H groups in total. The van der Waals surface area contributed by atoms with Crippen molar-refractivity contribution >= 4 is 89.8 Å². The molecule has 2 aromatic heterocycles. The molecule has 0 fully saturated rings. The first-order valence-electron chi connectivity index (χ1n) is 23.1. The minimum Gasteiger partial charge on any atom is -0.310 e. The highest BCUT2D eigenvalue weighted by atomic mass is 32.1. The van der Waals surface area contributed by atoms with Crippen molar-refractivity contribution in [3.8, 4) is 0 Å². The third-order valence-electron chi connectivity index (χ3n) is 14.7. The van der Waals surface area contributed by atoms with Crippen molar-refractivity contribution in [2.45, 2.75) is 23.7 Å². The van der Waals surface area contributed by atoms with Gasteiger partial charge in [-0.05, 0) is 97.1 Å². The molecule has 4 unspecified atom stereocenters. The summed E-state index contributed by atoms with van der Waals surface area (Å²) in [6, 6.07) is 80.4. The van der Waals surface area contributed by atoms with Crippen molar-refractivity contribution in [2.75, 3.05) is 29.4 Å². The molecule has 8 aromatic carbocycles. The van der Waals surface area contributed by atoms with Crippen LogP contribution in [0.5, 0.6) is 0 Å². The Labute approximate surface area is 402 Å². The molecule has 0 amide bonds. The van der Waals surface area contributed by atoms with E-state index in [2.05, 4.69) is 280 Å². The third kappa shape index (κ3) is 4.68. The Morgan fingerprint density at radius 1 is 0.309 bits per heavy atom. The van der Waals surface area contributed by atoms with Gasteiger partial charge < -0.3 is 19.6 Å². The maximum Gasteiger partial charge on any atom is 0.349 e. The molecule has 68 heavy (non-hydrogen) atoms. The van der Waals surface area contributed by atoms with Gasteiger partial charge in [0, 0.05) is 22.1 Å². The first-order valence-corrected chi connectivity index (χ1v) is 24.9. The van der Waals surface area contributed by atoms with Gasteiger partial charge in [-0.2, -0.15) is 18.9 Å². The molecule has 0 aliphatic carbocycles. The topological polar surface area (TPSA) is 27.2 Å². The van der Waals surface area contributed by atoms with Crippen LogP contribution in [0.15, 0.2) is 242 Å². The van der Waals surface area contributed by atoms with E-state index in [-0.39, 0.29) is 12.3 Å². The monoisotopic (exact) mass is 914 g/mol. The SMILES string of the molecule is c1ccc(N2c3ccccc3N3c4ccccc4C4(C23)N(c2ccccc2)c2scc[n+]2C2(c3ccccc3N3c5ccccc5N(c5ccccc5)C32)N(c2ccccc2)c2scc[n+]24)cc1. The first-order chi connectivity index (χ1) is 33.8. The van der Waals surface area contributed by atoms with Crippen molar-refractivity contribution in [3.63, 3.8) is 0 Å². The summed E-state index contributed by atoms with van der Waals surface area (Å²) in [5.74, 6) is 0. The molecule has 0 saturated carbocycles. The maximum atomic E-state index is 2.70. The van der Waals surface area contributed by atoms with Crippen LogP contribution >= 0.6 is 22.7 Å². The molecule has 5 aliphatic heterocycles. The summed E-state index contributed by atoms with van der Waals surface area (Å²) in [6.45, 7) is 0. The summed E-state index contributed by atoms with van der Waals surface area (Å²) >= 11 is 3.61. The Balaban J connectivity index is 1.13. The molecule has 2 spiro atoms. The minimum atomic E-state index is -0.932. The van der Waals surface area contributed by atoms with Crippen LogP contribution in [-0.4, -0.2) is 12.3 Å². The van der Waals surface area contributed by atoms with Crippen molar-refractivity contribution in [1.29, 1.82) is 0 Å². The van der Waals surface area contributed by atoms with Gasteiger partial charge in [-0.15, -0.1) is 0 Å². The Bertz CT molecular complexity index is 3300. The fourth-order valence-electron chi connectivity index (χ4n) is 12.4. The number of rotatable bonds is 4. The largest absolute Gasteiger partial charge is 0.349 e. The predicted molar refractivity (Wildman–Crippen MR) is 275 cm³/mol. The van der Waals surface area contributed by atoms with E-state index < -0.39 is 11.3 Å². The molecule has 5 aliphatic rings. The van der Waals surface area contributed by atoms with Crippen LogP contribution in [0.4, 0.5) is 67.1 Å². The van der Waals surface area contributed by atoms with Crippen LogP contribution in [0.3, 0.4) is 0 Å². The highest BCUT2D eigenvalue weighted by Gasteiger charge is 2.77. The normalized spacial score (nSPS) is 21.2. The lowest BCUT2D eigenvalue weighted by molar-refractivity contribution is -0.771. The highest BCUT2D eigenvalue weighted by Crippen LogP contribution is 2.65. The van der Waals surface area contributed by atoms with Crippen LogP contribution in [0.25, 0.3) is 0 Å². The number of thiazole rings is 2. The van der Waals surface area contributed by atoms with Crippen molar-refractivity contribution < 1.29 is 9.13 Å². The quantitative estimate of drug-likeness (QED) is 0.163. The number of fused-ring (bicyclic) bond motifs is 18. The summed E-state index contributed by atoms with van der Waals surface area (Å²) in [7, 11) is 0. The van der Waals surface area contributed by atoms with Gasteiger partial charge in [0.05, 0.1) is 45.3 Å². The number of nitrogens with zero attached hydrogens (tertiary/aromatic N) is 8. The summed E-state index contributed by atoms with van der Waals surface area (Å²) in [5.41, 5.74) is 12.1. The molecular formula is C58H42N8S2+2. The Morgan fingerprint density at radius 2 is 0.603 bits per heavy atom. The second-order valence-corrected chi connectivity index (χ2v) is 19.6. The van der Waals surface area contributed by atoms with Gasteiger partial charge >= 0.3 is 21.6 Å². The van der Waals surface area contributed by atoms with Crippen LogP contribution in [-0.2, 0) is 11.3 Å². The third-order valence-corrected chi connectivity index (χ3v) is 16.4. The number of aromatic nitrogens is 2. The number of para-hydroxylation sites is 10. The Morgan fingerprint density at radius 3 is 0.971 bits per heavy atom. The van der Waals surface area contributed by atoms with Crippen molar-refractivity contribution in [1.82, 2.24) is 0 Å². The van der Waals surface area contributed by atoms with Gasteiger partial charge in [0.1, 0.15) is 23.8 Å². The lowest BCUT2D eigenvalue weighted by Crippen LogP contribution is -2.81. The molecular weight excluding hydrogens is 873 g/mol. The highest BCUT2D eigenvalue weighted by molar-refractivity contribution is 7.13. The van der Waals surface area contributed by atoms with E-state index in [1.807, 2.05) is 0 Å². The summed E-state index contributed by atoms with van der Waals surface area (Å²) in [5, 5.41) is 6.82. The molecule has 8 nitrogen and oxygen atoms in total. The lowest BCUT2D eigenvalue weighted by atomic mass is 9.91. The molecule has 7 heterocycles. The number of hydrogen-bond donors (Lipinski definition) is 0. The minimum absolute atomic E-state index is 0.301. The first kappa shape index (κ1) is 38.0. The molecule has 0 bridgehead atoms. The second-order valence-electron chi connectivity index (χ2n) is 17.8. The van der Waals surface area contributed by atoms with E-state index >= 15 is 0 Å². The van der Waals surface area contributed by atoms with Gasteiger partial charge in [-0.1, -0.05) is 144 Å². The Hall–Kier alpha value is -8.18. The average Bonchev–Trinajstić information content (AvgIpc) is 4.27. The number of hydrogen-bond acceptors (Lipinski definition) is 8. The molecule has 15 rings (SSSR count). The summed E-state index contributed by atoms with van der Waals surface area (Å²) in [6.07, 6.45) is 4.13. The van der Waals surface area contributed by atoms with Crippen molar-refractivity contribution in [2.24, 2.45) is 0 Å². The van der Waals surface area contributed by atoms with Crippen molar-refractivity contribution in [3.05, 3.63) is 253 Å². The van der Waals surface area contributed by atoms with Crippen LogP contribution in [0, 0.1) is 0 Å². The molecule has 10 aromatic rings. The molecule has 0 saturated heterocycles. The zero-order chi connectivity index (χ0) is 44.6. The lowest BCUT2D eigenvalue weighted by Gasteiger charge is -2.47. The van der Waals surface area contributed by atoms with E-state index in [0.717, 1.165) is 33.0 Å². The zero-order valence-electron chi connectivity index (χ0n) is 36.6. The van der Waals surface area contributed by atoms with E-state index in [4.69, 9.17) is 0 Å². The van der Waals surface area contributed by atoms with Gasteiger partial charge in [0.25, 0.3) is 0 Å². The molecule has 10 heteroatoms. The zero-order valence-corrected chi connectivity index (χ0v) is 38.3. The van der Waals surface area contributed by atoms with E-state index in [9.17, 15) is 0 Å². The van der Waals surface area contributed by atoms with Crippen LogP contribution < -0.4 is 38.5 Å². The fourth-order valence-corrected chi connectivity index (χ4v) is 14.3. The average molecular weight is 915 g/mol. The fraction of sp³-hybridized carbons (Fsp3) is 0.0690. The predicted octanol–water partition coefficient (Wildman–Crippen LogP) is 13.0. The molecule has 0 radical (unpaired) electrons. The van der Waals surface area contributed by atoms with Gasteiger partial charge in [0.2, 0.25) is 12.3 Å². The van der Waals surface area contributed by atoms with Crippen LogP contribution in [0.2, 0.25) is 0 Å². The summed E-state index contributed by atoms with van der Waals surface area (Å²) < 4.78 is 5.29. The number of benzene rings is 8. The second kappa shape index (κ2) is 14.2. The Kier molecular flexibility index (Phi) is 7.91. The van der Waals surface area contributed by atoms with Gasteiger partial charge in [-0.25, -0.2) is 0 Å². The maximum absolute atomic E-state index is 2.70.